The van der Waals surface area contributed by atoms with Gasteiger partial charge < -0.3 is 24.6 Å². The monoisotopic (exact) mass is 861 g/mol. The molecule has 0 spiro atoms. The van der Waals surface area contributed by atoms with Gasteiger partial charge in [-0.1, -0.05) is 162 Å². The van der Waals surface area contributed by atoms with E-state index in [0.717, 1.165) is 96.3 Å². The van der Waals surface area contributed by atoms with Gasteiger partial charge in [-0.2, -0.15) is 0 Å². The van der Waals surface area contributed by atoms with Gasteiger partial charge in [0, 0.05) is 13.0 Å². The highest BCUT2D eigenvalue weighted by Gasteiger charge is 2.26. The van der Waals surface area contributed by atoms with Crippen molar-refractivity contribution in [2.24, 2.45) is 0 Å². The van der Waals surface area contributed by atoms with Crippen LogP contribution >= 0.6 is 7.82 Å². The third-order valence-electron chi connectivity index (χ3n) is 9.25. The summed E-state index contributed by atoms with van der Waals surface area (Å²) in [5.41, 5.74) is 0. The quantitative estimate of drug-likeness (QED) is 0.0237. The van der Waals surface area contributed by atoms with E-state index in [4.69, 9.17) is 23.6 Å². The van der Waals surface area contributed by atoms with E-state index in [0.29, 0.717) is 13.0 Å². The Bertz CT molecular complexity index is 1250. The second-order valence-electron chi connectivity index (χ2n) is 15.0. The SMILES string of the molecule is CC/C=C\C/C=C\C/C=C\C/C=C\C/C=C\C/C=C\CCCCCCC(=O)OC(COCCCCCCCC/C=C\C/C=C\CCCCC)COP(=O)(O)OCC(O)CO. The highest BCUT2D eigenvalue weighted by Crippen LogP contribution is 2.43. The normalized spacial score (nSPS) is 14.8. The summed E-state index contributed by atoms with van der Waals surface area (Å²) < 4.78 is 33.4. The van der Waals surface area contributed by atoms with Gasteiger partial charge >= 0.3 is 13.8 Å². The largest absolute Gasteiger partial charge is 0.472 e. The molecule has 344 valence electrons. The number of aliphatic hydroxyl groups is 2. The van der Waals surface area contributed by atoms with Crippen LogP contribution in [0, 0.1) is 0 Å². The Hall–Kier alpha value is -2.62. The number of carbonyl (C=O) groups excluding carboxylic acids is 1. The molecule has 0 saturated carbocycles. The van der Waals surface area contributed by atoms with Gasteiger partial charge in [-0.25, -0.2) is 4.57 Å². The summed E-state index contributed by atoms with van der Waals surface area (Å²) in [5, 5.41) is 18.4. The number of unbranched alkanes of at least 4 members (excludes halogenated alkanes) is 13. The molecule has 3 N–H and O–H groups in total. The number of aliphatic hydroxyl groups excluding tert-OH is 2. The van der Waals surface area contributed by atoms with Crippen LogP contribution in [0.15, 0.2) is 97.2 Å². The number of ether oxygens (including phenoxy) is 2. The number of phosphoric ester groups is 1. The maximum absolute atomic E-state index is 12.6. The third-order valence-corrected chi connectivity index (χ3v) is 10.2. The lowest BCUT2D eigenvalue weighted by atomic mass is 10.1. The van der Waals surface area contributed by atoms with Gasteiger partial charge in [0.25, 0.3) is 0 Å². The zero-order chi connectivity index (χ0) is 43.9. The predicted molar refractivity (Wildman–Crippen MR) is 251 cm³/mol. The average Bonchev–Trinajstić information content (AvgIpc) is 3.24. The van der Waals surface area contributed by atoms with E-state index in [1.54, 1.807) is 0 Å². The first kappa shape index (κ1) is 57.4. The molecule has 0 amide bonds. The summed E-state index contributed by atoms with van der Waals surface area (Å²) in [7, 11) is -4.54. The standard InChI is InChI=1S/C50H85O9P/c1-3-5-7-9-11-13-15-17-19-21-22-23-24-25-26-27-28-30-32-34-36-38-40-42-50(53)59-49(47-58-60(54,55)57-45-48(52)44-51)46-56-43-41-39-37-35-33-31-29-20-18-16-14-12-10-8-6-4-2/h5,7,11-14,17-20,22-23,25-26,28,30,48-49,51-52H,3-4,6,8-10,15-16,21,24,27,29,31-47H2,1-2H3,(H,54,55)/b7-5-,13-11-,14-12-,19-17-,20-18-,23-22-,26-25-,30-28-. The molecule has 60 heavy (non-hydrogen) atoms. The predicted octanol–water partition coefficient (Wildman–Crippen LogP) is 13.3. The lowest BCUT2D eigenvalue weighted by Gasteiger charge is -2.20. The van der Waals surface area contributed by atoms with E-state index in [1.807, 2.05) is 0 Å². The van der Waals surface area contributed by atoms with Crippen molar-refractivity contribution in [3.63, 3.8) is 0 Å². The molecule has 3 unspecified atom stereocenters. The first-order chi connectivity index (χ1) is 29.3. The highest BCUT2D eigenvalue weighted by molar-refractivity contribution is 7.47. The van der Waals surface area contributed by atoms with E-state index >= 15 is 0 Å². The van der Waals surface area contributed by atoms with Gasteiger partial charge in [0.05, 0.1) is 26.4 Å². The summed E-state index contributed by atoms with van der Waals surface area (Å²) in [6.45, 7) is 3.30. The van der Waals surface area contributed by atoms with Crippen LogP contribution in [0.25, 0.3) is 0 Å². The molecule has 0 saturated heterocycles. The zero-order valence-electron chi connectivity index (χ0n) is 37.6. The summed E-state index contributed by atoms with van der Waals surface area (Å²) in [4.78, 5) is 22.6. The maximum Gasteiger partial charge on any atom is 0.472 e. The molecule has 9 nitrogen and oxygen atoms in total. The summed E-state index contributed by atoms with van der Waals surface area (Å²) >= 11 is 0. The minimum Gasteiger partial charge on any atom is -0.457 e. The molecule has 0 bridgehead atoms. The van der Waals surface area contributed by atoms with Crippen LogP contribution < -0.4 is 0 Å². The van der Waals surface area contributed by atoms with E-state index in [1.165, 1.54) is 44.9 Å². The number of rotatable bonds is 43. The van der Waals surface area contributed by atoms with Crippen molar-refractivity contribution in [2.75, 3.05) is 33.0 Å². The number of allylic oxidation sites excluding steroid dienone is 16. The minimum atomic E-state index is -4.54. The van der Waals surface area contributed by atoms with Crippen LogP contribution in [0.4, 0.5) is 0 Å². The molecule has 0 rings (SSSR count). The van der Waals surface area contributed by atoms with Crippen LogP contribution in [0.3, 0.4) is 0 Å². The molecular formula is C50H85O9P. The van der Waals surface area contributed by atoms with Crippen molar-refractivity contribution in [3.05, 3.63) is 97.2 Å². The van der Waals surface area contributed by atoms with Gasteiger partial charge in [0.15, 0.2) is 0 Å². The number of carbonyl (C=O) groups is 1. The average molecular weight is 861 g/mol. The van der Waals surface area contributed by atoms with E-state index < -0.39 is 45.8 Å². The smallest absolute Gasteiger partial charge is 0.457 e. The summed E-state index contributed by atoms with van der Waals surface area (Å²) in [6, 6.07) is 0. The molecular weight excluding hydrogens is 776 g/mol. The fourth-order valence-electron chi connectivity index (χ4n) is 5.74. The maximum atomic E-state index is 12.6. The van der Waals surface area contributed by atoms with Crippen LogP contribution in [0.2, 0.25) is 0 Å². The molecule has 0 heterocycles. The fourth-order valence-corrected chi connectivity index (χ4v) is 6.53. The van der Waals surface area contributed by atoms with Gasteiger partial charge in [0.2, 0.25) is 0 Å². The molecule has 0 aromatic carbocycles. The third kappa shape index (κ3) is 44.9. The summed E-state index contributed by atoms with van der Waals surface area (Å²) in [6.07, 6.45) is 57.9. The highest BCUT2D eigenvalue weighted by atomic mass is 31.2. The minimum absolute atomic E-state index is 0.0250. The molecule has 0 aromatic rings. The Morgan fingerprint density at radius 2 is 0.950 bits per heavy atom. The van der Waals surface area contributed by atoms with Crippen LogP contribution in [-0.4, -0.2) is 66.3 Å². The Kier molecular flexibility index (Phi) is 43.9. The topological polar surface area (TPSA) is 132 Å². The lowest BCUT2D eigenvalue weighted by Crippen LogP contribution is -2.29. The second kappa shape index (κ2) is 45.9. The number of esters is 1. The van der Waals surface area contributed by atoms with E-state index in [9.17, 15) is 19.4 Å². The van der Waals surface area contributed by atoms with Crippen molar-refractivity contribution in [3.8, 4) is 0 Å². The molecule has 10 heteroatoms. The fraction of sp³-hybridized carbons (Fsp3) is 0.660. The van der Waals surface area contributed by atoms with Gasteiger partial charge in [-0.15, -0.1) is 0 Å². The molecule has 0 aliphatic rings. The van der Waals surface area contributed by atoms with Crippen molar-refractivity contribution < 1.29 is 43.0 Å². The number of hydrogen-bond donors (Lipinski definition) is 3. The molecule has 0 radical (unpaired) electrons. The van der Waals surface area contributed by atoms with Gasteiger partial charge in [-0.3, -0.25) is 13.8 Å². The van der Waals surface area contributed by atoms with Crippen LogP contribution in [-0.2, 0) is 27.9 Å². The lowest BCUT2D eigenvalue weighted by molar-refractivity contribution is -0.154. The first-order valence-corrected chi connectivity index (χ1v) is 24.7. The van der Waals surface area contributed by atoms with Crippen LogP contribution in [0.1, 0.15) is 168 Å². The molecule has 0 fully saturated rings. The van der Waals surface area contributed by atoms with Crippen molar-refractivity contribution in [1.82, 2.24) is 0 Å². The molecule has 0 aliphatic heterocycles. The van der Waals surface area contributed by atoms with Crippen LogP contribution in [0.5, 0.6) is 0 Å². The van der Waals surface area contributed by atoms with Gasteiger partial charge in [0.1, 0.15) is 12.2 Å². The number of phosphoric acid groups is 1. The van der Waals surface area contributed by atoms with Crippen molar-refractivity contribution in [1.29, 1.82) is 0 Å². The Balaban J connectivity index is 4.24. The first-order valence-electron chi connectivity index (χ1n) is 23.2. The second-order valence-corrected chi connectivity index (χ2v) is 16.5. The van der Waals surface area contributed by atoms with E-state index in [-0.39, 0.29) is 13.0 Å². The summed E-state index contributed by atoms with van der Waals surface area (Å²) in [5.74, 6) is -0.415. The Morgan fingerprint density at radius 3 is 1.43 bits per heavy atom. The van der Waals surface area contributed by atoms with Gasteiger partial charge in [-0.05, 0) is 96.3 Å². The molecule has 0 aliphatic carbocycles. The van der Waals surface area contributed by atoms with Crippen molar-refractivity contribution in [2.45, 2.75) is 180 Å². The number of hydrogen-bond acceptors (Lipinski definition) is 8. The van der Waals surface area contributed by atoms with Crippen molar-refractivity contribution >= 4 is 13.8 Å². The zero-order valence-corrected chi connectivity index (χ0v) is 38.5. The molecule has 3 atom stereocenters. The van der Waals surface area contributed by atoms with E-state index in [2.05, 4.69) is 111 Å². The molecule has 0 aromatic heterocycles. The Labute approximate surface area is 366 Å². The Morgan fingerprint density at radius 1 is 0.533 bits per heavy atom.